The zero-order valence-corrected chi connectivity index (χ0v) is 11.7. The van der Waals surface area contributed by atoms with E-state index in [-0.39, 0.29) is 5.75 Å². The summed E-state index contributed by atoms with van der Waals surface area (Å²) in [5.41, 5.74) is 0. The zero-order chi connectivity index (χ0) is 15.2. The minimum Gasteiger partial charge on any atom is -0.504 e. The van der Waals surface area contributed by atoms with E-state index in [1.807, 2.05) is 19.2 Å². The van der Waals surface area contributed by atoms with Crippen molar-refractivity contribution in [1.82, 2.24) is 5.32 Å². The fourth-order valence-electron chi connectivity index (χ4n) is 1.56. The highest BCUT2D eigenvalue weighted by molar-refractivity contribution is 5.63. The highest BCUT2D eigenvalue weighted by Crippen LogP contribution is 2.46. The van der Waals surface area contributed by atoms with Crippen LogP contribution in [0.1, 0.15) is 20.3 Å². The predicted octanol–water partition coefficient (Wildman–Crippen LogP) is 2.15. The zero-order valence-electron chi connectivity index (χ0n) is 11.7. The van der Waals surface area contributed by atoms with Crippen LogP contribution in [0.5, 0.6) is 17.2 Å². The Morgan fingerprint density at radius 3 is 2.50 bits per heavy atom. The third-order valence-electron chi connectivity index (χ3n) is 2.49. The van der Waals surface area contributed by atoms with Gasteiger partial charge in [-0.1, -0.05) is 13.0 Å². The molecule has 0 saturated heterocycles. The number of fused-ring (bicyclic) bond motifs is 1. The second-order valence-electron chi connectivity index (χ2n) is 3.83. The van der Waals surface area contributed by atoms with Crippen molar-refractivity contribution >= 4 is 6.09 Å². The van der Waals surface area contributed by atoms with Crippen molar-refractivity contribution in [2.75, 3.05) is 13.7 Å². The van der Waals surface area contributed by atoms with Gasteiger partial charge in [-0.2, -0.15) is 0 Å². The van der Waals surface area contributed by atoms with E-state index in [4.69, 9.17) is 19.3 Å². The number of hydrogen-bond acceptors (Lipinski definition) is 5. The molecule has 20 heavy (non-hydrogen) atoms. The molecule has 0 radical (unpaired) electrons. The molecule has 7 nitrogen and oxygen atoms in total. The Morgan fingerprint density at radius 2 is 2.05 bits per heavy atom. The summed E-state index contributed by atoms with van der Waals surface area (Å²) in [5, 5.41) is 19.1. The molecular weight excluding hydrogens is 266 g/mol. The second kappa shape index (κ2) is 6.85. The largest absolute Gasteiger partial charge is 0.504 e. The summed E-state index contributed by atoms with van der Waals surface area (Å²) in [7, 11) is 1.35. The van der Waals surface area contributed by atoms with Crippen LogP contribution in [0.25, 0.3) is 0 Å². The number of ether oxygens (including phenoxy) is 3. The van der Waals surface area contributed by atoms with E-state index in [2.05, 4.69) is 0 Å². The molecule has 1 aliphatic heterocycles. The van der Waals surface area contributed by atoms with Crippen molar-refractivity contribution in [1.29, 1.82) is 0 Å². The molecule has 112 valence electrons. The minimum atomic E-state index is -1.07. The summed E-state index contributed by atoms with van der Waals surface area (Å²) >= 11 is 0. The van der Waals surface area contributed by atoms with Gasteiger partial charge in [-0.3, -0.25) is 0 Å². The molecule has 1 amide bonds. The van der Waals surface area contributed by atoms with Gasteiger partial charge in [0.2, 0.25) is 5.75 Å². The summed E-state index contributed by atoms with van der Waals surface area (Å²) in [6, 6.07) is 5.00. The fraction of sp³-hybridized carbons (Fsp3) is 0.462. The smallest absolute Gasteiger partial charge is 0.404 e. The van der Waals surface area contributed by atoms with Crippen LogP contribution in [0, 0.1) is 0 Å². The number of carboxylic acid groups (broad SMARTS) is 1. The van der Waals surface area contributed by atoms with Gasteiger partial charge in [0, 0.05) is 7.05 Å². The Kier molecular flexibility index (Phi) is 5.45. The van der Waals surface area contributed by atoms with E-state index in [0.29, 0.717) is 24.5 Å². The van der Waals surface area contributed by atoms with Crippen LogP contribution in [0.2, 0.25) is 0 Å². The standard InChI is InChI=1S/C11H14O4.C2H5NO2/c1-3-11(13-4-2)14-9-7-5-6-8(12)10(9)15-11;1-3-2(4)5/h5-7,12H,3-4H2,1-2H3;3H,1H3,(H,4,5). The summed E-state index contributed by atoms with van der Waals surface area (Å²) in [6.07, 6.45) is -0.445. The molecule has 0 aliphatic carbocycles. The molecule has 2 rings (SSSR count). The van der Waals surface area contributed by atoms with Crippen LogP contribution in [0.15, 0.2) is 18.2 Å². The highest BCUT2D eigenvalue weighted by atomic mass is 16.9. The average molecular weight is 285 g/mol. The first kappa shape index (κ1) is 15.9. The number of phenols is 1. The molecular formula is C13H19NO6. The minimum absolute atomic E-state index is 0.0718. The van der Waals surface area contributed by atoms with Gasteiger partial charge >= 0.3 is 12.1 Å². The Labute approximate surface area is 117 Å². The van der Waals surface area contributed by atoms with Gasteiger partial charge in [-0.25, -0.2) is 4.79 Å². The maximum absolute atomic E-state index is 9.57. The van der Waals surface area contributed by atoms with Crippen molar-refractivity contribution in [3.05, 3.63) is 18.2 Å². The molecule has 1 heterocycles. The van der Waals surface area contributed by atoms with Gasteiger partial charge in [0.05, 0.1) is 13.0 Å². The van der Waals surface area contributed by atoms with Crippen LogP contribution in [0.3, 0.4) is 0 Å². The summed E-state index contributed by atoms with van der Waals surface area (Å²) in [6.45, 7) is 4.26. The number of para-hydroxylation sites is 1. The number of rotatable bonds is 3. The number of benzene rings is 1. The summed E-state index contributed by atoms with van der Waals surface area (Å²) in [4.78, 5) is 9.26. The summed E-state index contributed by atoms with van der Waals surface area (Å²) < 4.78 is 16.5. The molecule has 0 spiro atoms. The quantitative estimate of drug-likeness (QED) is 0.787. The first-order valence-corrected chi connectivity index (χ1v) is 6.22. The highest BCUT2D eigenvalue weighted by Gasteiger charge is 2.42. The lowest BCUT2D eigenvalue weighted by Crippen LogP contribution is -2.40. The molecule has 0 aromatic heterocycles. The van der Waals surface area contributed by atoms with Crippen molar-refractivity contribution in [2.24, 2.45) is 0 Å². The molecule has 0 saturated carbocycles. The van der Waals surface area contributed by atoms with Crippen molar-refractivity contribution in [3.63, 3.8) is 0 Å². The second-order valence-corrected chi connectivity index (χ2v) is 3.83. The van der Waals surface area contributed by atoms with Gasteiger partial charge in [0.15, 0.2) is 11.5 Å². The SMILES string of the molecule is CCOC1(CC)Oc2cccc(O)c2O1.CNC(=O)O. The number of amides is 1. The van der Waals surface area contributed by atoms with Crippen molar-refractivity contribution in [2.45, 2.75) is 26.2 Å². The molecule has 1 aliphatic rings. The Balaban J connectivity index is 0.000000347. The lowest BCUT2D eigenvalue weighted by atomic mass is 10.3. The van der Waals surface area contributed by atoms with E-state index in [9.17, 15) is 9.90 Å². The molecule has 7 heteroatoms. The van der Waals surface area contributed by atoms with Gasteiger partial charge in [0.25, 0.3) is 0 Å². The maximum atomic E-state index is 9.57. The number of phenolic OH excluding ortho intramolecular Hbond substituents is 1. The van der Waals surface area contributed by atoms with E-state index >= 15 is 0 Å². The van der Waals surface area contributed by atoms with Crippen LogP contribution < -0.4 is 14.8 Å². The Morgan fingerprint density at radius 1 is 1.40 bits per heavy atom. The van der Waals surface area contributed by atoms with Crippen molar-refractivity contribution < 1.29 is 29.2 Å². The first-order chi connectivity index (χ1) is 9.48. The molecule has 1 atom stereocenters. The Bertz CT molecular complexity index is 464. The number of hydrogen-bond donors (Lipinski definition) is 3. The molecule has 0 fully saturated rings. The van der Waals surface area contributed by atoms with Crippen LogP contribution >= 0.6 is 0 Å². The number of nitrogens with one attached hydrogen (secondary N) is 1. The lowest BCUT2D eigenvalue weighted by molar-refractivity contribution is -0.281. The normalized spacial score (nSPS) is 18.9. The predicted molar refractivity (Wildman–Crippen MR) is 71.1 cm³/mol. The van der Waals surface area contributed by atoms with Crippen LogP contribution in [-0.4, -0.2) is 35.9 Å². The van der Waals surface area contributed by atoms with Gasteiger partial charge in [-0.15, -0.1) is 0 Å². The van der Waals surface area contributed by atoms with E-state index < -0.39 is 12.1 Å². The third-order valence-corrected chi connectivity index (χ3v) is 2.49. The topological polar surface area (TPSA) is 97.3 Å². The summed E-state index contributed by atoms with van der Waals surface area (Å²) in [5.74, 6) is -0.128. The fourth-order valence-corrected chi connectivity index (χ4v) is 1.56. The average Bonchev–Trinajstić information content (AvgIpc) is 2.80. The van der Waals surface area contributed by atoms with Gasteiger partial charge in [0.1, 0.15) is 0 Å². The molecule has 1 aromatic carbocycles. The van der Waals surface area contributed by atoms with E-state index in [1.165, 1.54) is 7.05 Å². The number of carbonyl (C=O) groups is 1. The van der Waals surface area contributed by atoms with E-state index in [1.54, 1.807) is 18.2 Å². The Hall–Kier alpha value is -2.15. The van der Waals surface area contributed by atoms with Crippen molar-refractivity contribution in [3.8, 4) is 17.2 Å². The van der Waals surface area contributed by atoms with Crippen LogP contribution in [0.4, 0.5) is 4.79 Å². The lowest BCUT2D eigenvalue weighted by Gasteiger charge is -2.24. The maximum Gasteiger partial charge on any atom is 0.404 e. The first-order valence-electron chi connectivity index (χ1n) is 6.22. The monoisotopic (exact) mass is 285 g/mol. The van der Waals surface area contributed by atoms with Gasteiger partial charge < -0.3 is 29.7 Å². The van der Waals surface area contributed by atoms with Gasteiger partial charge in [-0.05, 0) is 19.1 Å². The third kappa shape index (κ3) is 3.67. The molecule has 0 bridgehead atoms. The van der Waals surface area contributed by atoms with Crippen LogP contribution in [-0.2, 0) is 4.74 Å². The molecule has 3 N–H and O–H groups in total. The number of aromatic hydroxyl groups is 1. The van der Waals surface area contributed by atoms with E-state index in [0.717, 1.165) is 0 Å². The molecule has 1 aromatic rings. The molecule has 1 unspecified atom stereocenters.